The highest BCUT2D eigenvalue weighted by Gasteiger charge is 2.57. The fourth-order valence-corrected chi connectivity index (χ4v) is 4.58. The zero-order valence-electron chi connectivity index (χ0n) is 13.1. The molecule has 1 aromatic carbocycles. The van der Waals surface area contributed by atoms with Crippen molar-refractivity contribution >= 4 is 5.91 Å². The van der Waals surface area contributed by atoms with Crippen molar-refractivity contribution < 1.29 is 14.3 Å². The Balaban J connectivity index is 1.55. The summed E-state index contributed by atoms with van der Waals surface area (Å²) in [6, 6.07) is 10.6. The van der Waals surface area contributed by atoms with E-state index in [0.29, 0.717) is 32.2 Å². The molecule has 2 aliphatic heterocycles. The number of hydrogen-bond acceptors (Lipinski definition) is 3. The maximum absolute atomic E-state index is 12.6. The third kappa shape index (κ3) is 2.25. The van der Waals surface area contributed by atoms with Gasteiger partial charge in [0.2, 0.25) is 5.91 Å². The van der Waals surface area contributed by atoms with Crippen molar-refractivity contribution in [2.24, 2.45) is 5.41 Å². The molecule has 118 valence electrons. The molecule has 0 unspecified atom stereocenters. The number of carbonyl (C=O) groups is 1. The van der Waals surface area contributed by atoms with Gasteiger partial charge < -0.3 is 14.4 Å². The lowest BCUT2D eigenvalue weighted by Gasteiger charge is -2.46. The van der Waals surface area contributed by atoms with Gasteiger partial charge in [0.05, 0.1) is 13.2 Å². The fraction of sp³-hybridized carbons (Fsp3) is 0.611. The molecule has 1 amide bonds. The smallest absolute Gasteiger partial charge is 0.223 e. The van der Waals surface area contributed by atoms with E-state index in [2.05, 4.69) is 24.0 Å². The van der Waals surface area contributed by atoms with Crippen molar-refractivity contribution in [2.75, 3.05) is 13.2 Å². The SMILES string of the molecule is C[C@@]12CC(=O)N(Cc3ccccc3)[C@@H]1CCC1(C2)OCCO1. The number of fused-ring (bicyclic) bond motifs is 1. The Kier molecular flexibility index (Phi) is 3.27. The standard InChI is InChI=1S/C18H23NO3/c1-17-11-16(20)19(12-14-5-3-2-4-6-14)15(17)7-8-18(13-17)21-9-10-22-18/h2-6,15H,7-13H2,1H3/t15-,17+/m1/s1. The minimum Gasteiger partial charge on any atom is -0.348 e. The normalized spacial score (nSPS) is 33.4. The second-order valence-corrected chi connectivity index (χ2v) is 7.18. The van der Waals surface area contributed by atoms with Crippen LogP contribution >= 0.6 is 0 Å². The van der Waals surface area contributed by atoms with Crippen molar-refractivity contribution in [3.8, 4) is 0 Å². The molecule has 3 aliphatic rings. The Morgan fingerprint density at radius 3 is 2.68 bits per heavy atom. The molecular formula is C18H23NO3. The molecule has 0 bridgehead atoms. The van der Waals surface area contributed by atoms with Crippen molar-refractivity contribution in [1.29, 1.82) is 0 Å². The van der Waals surface area contributed by atoms with Crippen LogP contribution < -0.4 is 0 Å². The first-order chi connectivity index (χ1) is 10.6. The summed E-state index contributed by atoms with van der Waals surface area (Å²) >= 11 is 0. The van der Waals surface area contributed by atoms with E-state index < -0.39 is 5.79 Å². The van der Waals surface area contributed by atoms with Crippen LogP contribution in [0.2, 0.25) is 0 Å². The predicted octanol–water partition coefficient (Wildman–Crippen LogP) is 2.72. The van der Waals surface area contributed by atoms with Crippen molar-refractivity contribution in [1.82, 2.24) is 4.90 Å². The van der Waals surface area contributed by atoms with Gasteiger partial charge in [0, 0.05) is 37.3 Å². The maximum Gasteiger partial charge on any atom is 0.223 e. The zero-order valence-corrected chi connectivity index (χ0v) is 13.1. The molecular weight excluding hydrogens is 278 g/mol. The van der Waals surface area contributed by atoms with E-state index in [9.17, 15) is 4.79 Å². The van der Waals surface area contributed by atoms with Gasteiger partial charge in [-0.05, 0) is 12.0 Å². The molecule has 4 nitrogen and oxygen atoms in total. The van der Waals surface area contributed by atoms with E-state index in [1.807, 2.05) is 18.2 Å². The van der Waals surface area contributed by atoms with Gasteiger partial charge in [0.25, 0.3) is 0 Å². The zero-order chi connectivity index (χ0) is 15.2. The Morgan fingerprint density at radius 1 is 1.23 bits per heavy atom. The monoisotopic (exact) mass is 301 g/mol. The summed E-state index contributed by atoms with van der Waals surface area (Å²) in [6.45, 7) is 4.31. The highest BCUT2D eigenvalue weighted by Crippen LogP contribution is 2.53. The van der Waals surface area contributed by atoms with Crippen molar-refractivity contribution in [3.05, 3.63) is 35.9 Å². The highest BCUT2D eigenvalue weighted by molar-refractivity contribution is 5.80. The third-order valence-corrected chi connectivity index (χ3v) is 5.54. The molecule has 0 aromatic heterocycles. The maximum atomic E-state index is 12.6. The van der Waals surface area contributed by atoms with E-state index in [1.165, 1.54) is 5.56 Å². The summed E-state index contributed by atoms with van der Waals surface area (Å²) in [5, 5.41) is 0. The number of likely N-dealkylation sites (tertiary alicyclic amines) is 1. The van der Waals surface area contributed by atoms with Gasteiger partial charge in [-0.25, -0.2) is 0 Å². The van der Waals surface area contributed by atoms with Crippen LogP contribution in [-0.4, -0.2) is 35.8 Å². The molecule has 0 radical (unpaired) electrons. The van der Waals surface area contributed by atoms with E-state index in [1.54, 1.807) is 0 Å². The molecule has 2 heterocycles. The first kappa shape index (κ1) is 14.2. The first-order valence-corrected chi connectivity index (χ1v) is 8.22. The Morgan fingerprint density at radius 2 is 1.95 bits per heavy atom. The Bertz CT molecular complexity index is 567. The number of amides is 1. The molecule has 0 N–H and O–H groups in total. The summed E-state index contributed by atoms with van der Waals surface area (Å²) in [5.74, 6) is -0.153. The summed E-state index contributed by atoms with van der Waals surface area (Å²) in [5.41, 5.74) is 1.17. The number of carbonyl (C=O) groups excluding carboxylic acids is 1. The molecule has 4 heteroatoms. The summed E-state index contributed by atoms with van der Waals surface area (Å²) in [6.07, 6.45) is 3.31. The summed E-state index contributed by atoms with van der Waals surface area (Å²) in [4.78, 5) is 14.7. The second-order valence-electron chi connectivity index (χ2n) is 7.18. The van der Waals surface area contributed by atoms with E-state index in [-0.39, 0.29) is 11.3 Å². The molecule has 1 aromatic rings. The molecule has 22 heavy (non-hydrogen) atoms. The highest BCUT2D eigenvalue weighted by atomic mass is 16.7. The average molecular weight is 301 g/mol. The number of hydrogen-bond donors (Lipinski definition) is 0. The largest absolute Gasteiger partial charge is 0.348 e. The van der Waals surface area contributed by atoms with Gasteiger partial charge in [-0.2, -0.15) is 0 Å². The minimum absolute atomic E-state index is 0.0333. The predicted molar refractivity (Wildman–Crippen MR) is 82.0 cm³/mol. The van der Waals surface area contributed by atoms with Gasteiger partial charge in [0.1, 0.15) is 0 Å². The Labute approximate surface area is 131 Å². The van der Waals surface area contributed by atoms with E-state index >= 15 is 0 Å². The third-order valence-electron chi connectivity index (χ3n) is 5.54. The van der Waals surface area contributed by atoms with Crippen molar-refractivity contribution in [2.45, 2.75) is 51.0 Å². The molecule has 1 spiro atoms. The van der Waals surface area contributed by atoms with Gasteiger partial charge in [0.15, 0.2) is 5.79 Å². The molecule has 2 atom stereocenters. The lowest BCUT2D eigenvalue weighted by molar-refractivity contribution is -0.205. The van der Waals surface area contributed by atoms with Crippen LogP contribution in [0.15, 0.2) is 30.3 Å². The van der Waals surface area contributed by atoms with Crippen LogP contribution in [-0.2, 0) is 20.8 Å². The van der Waals surface area contributed by atoms with Gasteiger partial charge in [-0.15, -0.1) is 0 Å². The lowest BCUT2D eigenvalue weighted by Crippen LogP contribution is -2.50. The molecule has 4 rings (SSSR count). The topological polar surface area (TPSA) is 38.8 Å². The second kappa shape index (κ2) is 5.07. The first-order valence-electron chi connectivity index (χ1n) is 8.22. The summed E-state index contributed by atoms with van der Waals surface area (Å²) < 4.78 is 11.8. The minimum atomic E-state index is -0.422. The lowest BCUT2D eigenvalue weighted by atomic mass is 9.69. The van der Waals surface area contributed by atoms with Crippen LogP contribution in [0.4, 0.5) is 0 Å². The van der Waals surface area contributed by atoms with Gasteiger partial charge in [-0.3, -0.25) is 4.79 Å². The van der Waals surface area contributed by atoms with Crippen LogP contribution in [0.5, 0.6) is 0 Å². The number of rotatable bonds is 2. The van der Waals surface area contributed by atoms with Gasteiger partial charge >= 0.3 is 0 Å². The number of ether oxygens (including phenoxy) is 2. The molecule has 1 aliphatic carbocycles. The van der Waals surface area contributed by atoms with E-state index in [4.69, 9.17) is 9.47 Å². The molecule has 1 saturated carbocycles. The Hall–Kier alpha value is -1.39. The van der Waals surface area contributed by atoms with Crippen LogP contribution in [0, 0.1) is 5.41 Å². The van der Waals surface area contributed by atoms with Gasteiger partial charge in [-0.1, -0.05) is 37.3 Å². The molecule has 2 saturated heterocycles. The number of benzene rings is 1. The fourth-order valence-electron chi connectivity index (χ4n) is 4.58. The van der Waals surface area contributed by atoms with Crippen LogP contribution in [0.1, 0.15) is 38.2 Å². The summed E-state index contributed by atoms with van der Waals surface area (Å²) in [7, 11) is 0. The van der Waals surface area contributed by atoms with Crippen molar-refractivity contribution in [3.63, 3.8) is 0 Å². The van der Waals surface area contributed by atoms with Crippen LogP contribution in [0.25, 0.3) is 0 Å². The molecule has 3 fully saturated rings. The van der Waals surface area contributed by atoms with E-state index in [0.717, 1.165) is 19.3 Å². The van der Waals surface area contributed by atoms with Crippen LogP contribution in [0.3, 0.4) is 0 Å². The number of nitrogens with zero attached hydrogens (tertiary/aromatic N) is 1. The average Bonchev–Trinajstić information content (AvgIpc) is 3.03. The quantitative estimate of drug-likeness (QED) is 0.843.